The van der Waals surface area contributed by atoms with E-state index in [2.05, 4.69) is 4.90 Å². The van der Waals surface area contributed by atoms with E-state index in [1.165, 1.54) is 0 Å². The minimum atomic E-state index is -0.241. The number of piperazine rings is 1. The summed E-state index contributed by atoms with van der Waals surface area (Å²) in [5.41, 5.74) is 2.11. The lowest BCUT2D eigenvalue weighted by molar-refractivity contribution is -0.119. The van der Waals surface area contributed by atoms with E-state index in [1.807, 2.05) is 49.9 Å². The predicted molar refractivity (Wildman–Crippen MR) is 98.9 cm³/mol. The van der Waals surface area contributed by atoms with Crippen molar-refractivity contribution in [3.8, 4) is 0 Å². The first-order valence-corrected chi connectivity index (χ1v) is 9.06. The average molecular weight is 347 g/mol. The molecule has 2 rings (SSSR count). The standard InChI is InChI=1S/C19H29N3O3/c1-4-22(17-8-6-7-16(3)15-17)18(23)9-10-20-11-13-21(14-12-20)19(24)25-5-2/h6-8,15H,4-5,9-14H2,1-3H3. The van der Waals surface area contributed by atoms with Gasteiger partial charge in [0, 0.05) is 51.4 Å². The molecular weight excluding hydrogens is 318 g/mol. The molecule has 6 heteroatoms. The quantitative estimate of drug-likeness (QED) is 0.793. The summed E-state index contributed by atoms with van der Waals surface area (Å²) in [5, 5.41) is 0. The molecular formula is C19H29N3O3. The first-order valence-electron chi connectivity index (χ1n) is 9.06. The number of amides is 2. The third kappa shape index (κ3) is 5.46. The van der Waals surface area contributed by atoms with Gasteiger partial charge in [0.05, 0.1) is 6.61 Å². The van der Waals surface area contributed by atoms with Gasteiger partial charge in [-0.2, -0.15) is 0 Å². The van der Waals surface area contributed by atoms with Gasteiger partial charge in [-0.25, -0.2) is 4.79 Å². The van der Waals surface area contributed by atoms with Gasteiger partial charge < -0.3 is 14.5 Å². The average Bonchev–Trinajstić information content (AvgIpc) is 2.61. The van der Waals surface area contributed by atoms with Gasteiger partial charge in [0.15, 0.2) is 0 Å². The summed E-state index contributed by atoms with van der Waals surface area (Å²) in [4.78, 5) is 30.1. The summed E-state index contributed by atoms with van der Waals surface area (Å²) in [6, 6.07) is 8.03. The summed E-state index contributed by atoms with van der Waals surface area (Å²) < 4.78 is 5.03. The molecule has 0 N–H and O–H groups in total. The smallest absolute Gasteiger partial charge is 0.409 e. The van der Waals surface area contributed by atoms with Crippen molar-refractivity contribution in [3.05, 3.63) is 29.8 Å². The molecule has 25 heavy (non-hydrogen) atoms. The molecule has 0 saturated carbocycles. The first-order chi connectivity index (χ1) is 12.0. The van der Waals surface area contributed by atoms with Gasteiger partial charge in [-0.1, -0.05) is 12.1 Å². The second-order valence-electron chi connectivity index (χ2n) is 6.25. The molecule has 1 aromatic carbocycles. The van der Waals surface area contributed by atoms with Crippen LogP contribution in [0.15, 0.2) is 24.3 Å². The maximum atomic E-state index is 12.6. The molecule has 1 saturated heterocycles. The van der Waals surface area contributed by atoms with Crippen LogP contribution in [0, 0.1) is 6.92 Å². The first kappa shape index (κ1) is 19.2. The summed E-state index contributed by atoms with van der Waals surface area (Å²) in [7, 11) is 0. The maximum Gasteiger partial charge on any atom is 0.409 e. The number of carbonyl (C=O) groups is 2. The van der Waals surface area contributed by atoms with E-state index in [4.69, 9.17) is 4.74 Å². The Hall–Kier alpha value is -2.08. The second kappa shape index (κ2) is 9.42. The normalized spacial score (nSPS) is 15.1. The number of rotatable bonds is 6. The van der Waals surface area contributed by atoms with Crippen LogP contribution in [0.5, 0.6) is 0 Å². The molecule has 1 heterocycles. The Morgan fingerprint density at radius 1 is 1.16 bits per heavy atom. The van der Waals surface area contributed by atoms with Crippen LogP contribution in [-0.2, 0) is 9.53 Å². The molecule has 0 spiro atoms. The van der Waals surface area contributed by atoms with E-state index >= 15 is 0 Å². The Balaban J connectivity index is 1.81. The van der Waals surface area contributed by atoms with Crippen molar-refractivity contribution < 1.29 is 14.3 Å². The van der Waals surface area contributed by atoms with Gasteiger partial charge in [0.1, 0.15) is 0 Å². The van der Waals surface area contributed by atoms with Gasteiger partial charge in [0.25, 0.3) is 0 Å². The lowest BCUT2D eigenvalue weighted by atomic mass is 10.2. The Kier molecular flexibility index (Phi) is 7.25. The van der Waals surface area contributed by atoms with Gasteiger partial charge in [-0.15, -0.1) is 0 Å². The molecule has 1 fully saturated rings. The van der Waals surface area contributed by atoms with E-state index < -0.39 is 0 Å². The number of ether oxygens (including phenoxy) is 1. The minimum Gasteiger partial charge on any atom is -0.450 e. The highest BCUT2D eigenvalue weighted by Gasteiger charge is 2.23. The summed E-state index contributed by atoms with van der Waals surface area (Å²) >= 11 is 0. The minimum absolute atomic E-state index is 0.140. The van der Waals surface area contributed by atoms with E-state index in [9.17, 15) is 9.59 Å². The van der Waals surface area contributed by atoms with Crippen LogP contribution in [0.2, 0.25) is 0 Å². The zero-order chi connectivity index (χ0) is 18.2. The third-order valence-electron chi connectivity index (χ3n) is 4.47. The van der Waals surface area contributed by atoms with Crippen LogP contribution in [0.25, 0.3) is 0 Å². The fourth-order valence-corrected chi connectivity index (χ4v) is 3.06. The van der Waals surface area contributed by atoms with Crippen molar-refractivity contribution in [1.29, 1.82) is 0 Å². The number of aryl methyl sites for hydroxylation is 1. The van der Waals surface area contributed by atoms with Crippen LogP contribution in [0.3, 0.4) is 0 Å². The van der Waals surface area contributed by atoms with Crippen molar-refractivity contribution in [2.75, 3.05) is 50.8 Å². The van der Waals surface area contributed by atoms with Crippen molar-refractivity contribution >= 4 is 17.7 Å². The van der Waals surface area contributed by atoms with Gasteiger partial charge >= 0.3 is 6.09 Å². The van der Waals surface area contributed by atoms with Crippen LogP contribution >= 0.6 is 0 Å². The zero-order valence-electron chi connectivity index (χ0n) is 15.5. The van der Waals surface area contributed by atoms with Gasteiger partial charge in [-0.3, -0.25) is 9.69 Å². The Morgan fingerprint density at radius 3 is 2.48 bits per heavy atom. The molecule has 6 nitrogen and oxygen atoms in total. The fourth-order valence-electron chi connectivity index (χ4n) is 3.06. The second-order valence-corrected chi connectivity index (χ2v) is 6.25. The molecule has 0 aliphatic carbocycles. The van der Waals surface area contributed by atoms with Crippen LogP contribution < -0.4 is 4.90 Å². The molecule has 138 valence electrons. The van der Waals surface area contributed by atoms with Crippen LogP contribution in [0.4, 0.5) is 10.5 Å². The maximum absolute atomic E-state index is 12.6. The largest absolute Gasteiger partial charge is 0.450 e. The molecule has 0 aromatic heterocycles. The molecule has 0 atom stereocenters. The predicted octanol–water partition coefficient (Wildman–Crippen LogP) is 2.51. The molecule has 0 bridgehead atoms. The lowest BCUT2D eigenvalue weighted by Crippen LogP contribution is -2.49. The number of anilines is 1. The van der Waals surface area contributed by atoms with Gasteiger partial charge in [0.2, 0.25) is 5.91 Å². The van der Waals surface area contributed by atoms with E-state index in [0.717, 1.165) is 30.9 Å². The van der Waals surface area contributed by atoms with Crippen molar-refractivity contribution in [1.82, 2.24) is 9.80 Å². The topological polar surface area (TPSA) is 53.1 Å². The van der Waals surface area contributed by atoms with Crippen LogP contribution in [-0.4, -0.2) is 67.7 Å². The molecule has 0 unspecified atom stereocenters. The molecule has 2 amide bonds. The highest BCUT2D eigenvalue weighted by molar-refractivity contribution is 5.93. The number of carbonyl (C=O) groups excluding carboxylic acids is 2. The molecule has 1 aromatic rings. The number of benzene rings is 1. The Labute approximate surface area is 150 Å². The lowest BCUT2D eigenvalue weighted by Gasteiger charge is -2.34. The molecule has 0 radical (unpaired) electrons. The highest BCUT2D eigenvalue weighted by Crippen LogP contribution is 2.17. The molecule has 1 aliphatic rings. The van der Waals surface area contributed by atoms with Crippen molar-refractivity contribution in [2.24, 2.45) is 0 Å². The molecule has 1 aliphatic heterocycles. The Bertz CT molecular complexity index is 583. The van der Waals surface area contributed by atoms with Crippen molar-refractivity contribution in [2.45, 2.75) is 27.2 Å². The highest BCUT2D eigenvalue weighted by atomic mass is 16.6. The monoisotopic (exact) mass is 347 g/mol. The van der Waals surface area contributed by atoms with Gasteiger partial charge in [-0.05, 0) is 38.5 Å². The Morgan fingerprint density at radius 2 is 1.88 bits per heavy atom. The summed E-state index contributed by atoms with van der Waals surface area (Å²) in [6.07, 6.45) is 0.246. The number of nitrogens with zero attached hydrogens (tertiary/aromatic N) is 3. The van der Waals surface area contributed by atoms with E-state index in [1.54, 1.807) is 4.90 Å². The zero-order valence-corrected chi connectivity index (χ0v) is 15.5. The number of hydrogen-bond donors (Lipinski definition) is 0. The van der Waals surface area contributed by atoms with E-state index in [0.29, 0.717) is 32.7 Å². The van der Waals surface area contributed by atoms with Crippen molar-refractivity contribution in [3.63, 3.8) is 0 Å². The fraction of sp³-hybridized carbons (Fsp3) is 0.579. The summed E-state index contributed by atoms with van der Waals surface area (Å²) in [6.45, 7) is 10.5. The third-order valence-corrected chi connectivity index (χ3v) is 4.47. The summed E-state index contributed by atoms with van der Waals surface area (Å²) in [5.74, 6) is 0.140. The van der Waals surface area contributed by atoms with Crippen LogP contribution in [0.1, 0.15) is 25.8 Å². The SMILES string of the molecule is CCOC(=O)N1CCN(CCC(=O)N(CC)c2cccc(C)c2)CC1. The van der Waals surface area contributed by atoms with E-state index in [-0.39, 0.29) is 12.0 Å². The number of hydrogen-bond acceptors (Lipinski definition) is 4.